The summed E-state index contributed by atoms with van der Waals surface area (Å²) in [6.45, 7) is 7.13. The van der Waals surface area contributed by atoms with E-state index in [2.05, 4.69) is 52.7 Å². The van der Waals surface area contributed by atoms with Gasteiger partial charge in [-0.2, -0.15) is 0 Å². The third kappa shape index (κ3) is 5.14. The second-order valence-corrected chi connectivity index (χ2v) is 9.60. The van der Waals surface area contributed by atoms with Crippen LogP contribution < -0.4 is 0 Å². The fourth-order valence-electron chi connectivity index (χ4n) is 3.39. The highest BCUT2D eigenvalue weighted by Gasteiger charge is 2.18. The van der Waals surface area contributed by atoms with E-state index >= 15 is 0 Å². The van der Waals surface area contributed by atoms with Crippen molar-refractivity contribution in [2.24, 2.45) is 0 Å². The van der Waals surface area contributed by atoms with Gasteiger partial charge in [0.25, 0.3) is 0 Å². The summed E-state index contributed by atoms with van der Waals surface area (Å²) < 4.78 is 2.06. The summed E-state index contributed by atoms with van der Waals surface area (Å²) in [6, 6.07) is 21.9. The Bertz CT molecular complexity index is 1180. The number of hydrogen-bond acceptors (Lipinski definition) is 5. The van der Waals surface area contributed by atoms with Crippen LogP contribution in [0.3, 0.4) is 0 Å². The summed E-state index contributed by atoms with van der Waals surface area (Å²) in [4.78, 5) is 16.9. The van der Waals surface area contributed by atoms with Crippen LogP contribution >= 0.6 is 11.8 Å². The predicted molar refractivity (Wildman–Crippen MR) is 129 cm³/mol. The molecule has 4 aromatic rings. The van der Waals surface area contributed by atoms with Gasteiger partial charge in [0.2, 0.25) is 0 Å². The van der Waals surface area contributed by atoms with Crippen molar-refractivity contribution in [2.75, 3.05) is 5.75 Å². The monoisotopic (exact) mass is 442 g/mol. The lowest BCUT2D eigenvalue weighted by molar-refractivity contribution is 0.102. The highest BCUT2D eigenvalue weighted by molar-refractivity contribution is 7.99. The molecule has 2 aromatic heterocycles. The van der Waals surface area contributed by atoms with Crippen LogP contribution in [0, 0.1) is 0 Å². The lowest BCUT2D eigenvalue weighted by Gasteiger charge is -2.18. The van der Waals surface area contributed by atoms with Gasteiger partial charge >= 0.3 is 0 Å². The predicted octanol–water partition coefficient (Wildman–Crippen LogP) is 5.66. The van der Waals surface area contributed by atoms with Crippen molar-refractivity contribution in [2.45, 2.75) is 37.9 Å². The van der Waals surface area contributed by atoms with Gasteiger partial charge in [-0.3, -0.25) is 14.3 Å². The van der Waals surface area contributed by atoms with Crippen molar-refractivity contribution >= 4 is 17.5 Å². The van der Waals surface area contributed by atoms with Crippen LogP contribution in [-0.4, -0.2) is 31.3 Å². The van der Waals surface area contributed by atoms with Crippen LogP contribution in [0.5, 0.6) is 0 Å². The van der Waals surface area contributed by atoms with Crippen LogP contribution in [-0.2, 0) is 12.0 Å². The molecule has 2 heterocycles. The van der Waals surface area contributed by atoms with Crippen molar-refractivity contribution < 1.29 is 4.79 Å². The maximum absolute atomic E-state index is 12.8. The highest BCUT2D eigenvalue weighted by atomic mass is 32.2. The summed E-state index contributed by atoms with van der Waals surface area (Å²) >= 11 is 1.42. The quantitative estimate of drug-likeness (QED) is 0.273. The molecule has 0 amide bonds. The first kappa shape index (κ1) is 22.0. The van der Waals surface area contributed by atoms with Crippen LogP contribution in [0.2, 0.25) is 0 Å². The molecule has 0 aliphatic rings. The zero-order valence-corrected chi connectivity index (χ0v) is 19.3. The number of carbonyl (C=O) groups is 1. The van der Waals surface area contributed by atoms with Crippen LogP contribution in [0.15, 0.2) is 84.3 Å². The molecule has 2 aromatic carbocycles. The van der Waals surface area contributed by atoms with Gasteiger partial charge in [-0.15, -0.1) is 10.2 Å². The number of hydrogen-bond donors (Lipinski definition) is 0. The zero-order valence-electron chi connectivity index (χ0n) is 18.5. The molecule has 0 saturated heterocycles. The third-order valence-corrected chi connectivity index (χ3v) is 6.21. The van der Waals surface area contributed by atoms with Gasteiger partial charge < -0.3 is 0 Å². The number of thioether (sulfide) groups is 1. The summed E-state index contributed by atoms with van der Waals surface area (Å²) in [5, 5.41) is 9.55. The van der Waals surface area contributed by atoms with E-state index in [1.54, 1.807) is 12.4 Å². The molecule has 0 spiro atoms. The molecule has 0 radical (unpaired) electrons. The van der Waals surface area contributed by atoms with Gasteiger partial charge in [0, 0.05) is 23.5 Å². The van der Waals surface area contributed by atoms with E-state index in [-0.39, 0.29) is 11.2 Å². The minimum absolute atomic E-state index is 0.0630. The van der Waals surface area contributed by atoms with Gasteiger partial charge in [-0.25, -0.2) is 0 Å². The largest absolute Gasteiger partial charge is 0.298 e. The molecule has 0 aliphatic carbocycles. The number of nitrogens with zero attached hydrogens (tertiary/aromatic N) is 4. The van der Waals surface area contributed by atoms with Gasteiger partial charge in [0.05, 0.1) is 12.3 Å². The number of rotatable bonds is 7. The molecule has 0 aliphatic heterocycles. The standard InChI is InChI=1S/C26H26N4OS/c1-26(2,3)22-11-9-20(10-12-22)23(31)18-32-25-29-28-24(21-13-15-27-16-14-21)30(25)17-19-7-5-4-6-8-19/h4-16H,17-18H2,1-3H3. The van der Waals surface area contributed by atoms with E-state index in [0.717, 1.165) is 22.1 Å². The topological polar surface area (TPSA) is 60.7 Å². The Hall–Kier alpha value is -3.25. The summed E-state index contributed by atoms with van der Waals surface area (Å²) in [5.74, 6) is 1.15. The first-order valence-corrected chi connectivity index (χ1v) is 11.5. The Kier molecular flexibility index (Phi) is 6.51. The fourth-order valence-corrected chi connectivity index (χ4v) is 4.22. The lowest BCUT2D eigenvalue weighted by Crippen LogP contribution is -2.12. The molecule has 6 heteroatoms. The van der Waals surface area contributed by atoms with Gasteiger partial charge in [0.1, 0.15) is 0 Å². The smallest absolute Gasteiger partial charge is 0.192 e. The molecule has 0 bridgehead atoms. The fraction of sp³-hybridized carbons (Fsp3) is 0.231. The lowest BCUT2D eigenvalue weighted by atomic mass is 9.86. The third-order valence-electron chi connectivity index (χ3n) is 5.24. The molecule has 0 N–H and O–H groups in total. The maximum atomic E-state index is 12.8. The second kappa shape index (κ2) is 9.49. The van der Waals surface area contributed by atoms with E-state index in [1.165, 1.54) is 17.3 Å². The van der Waals surface area contributed by atoms with Crippen molar-refractivity contribution in [1.82, 2.24) is 19.7 Å². The SMILES string of the molecule is CC(C)(C)c1ccc(C(=O)CSc2nnc(-c3ccncc3)n2Cc2ccccc2)cc1. The number of aromatic nitrogens is 4. The number of pyridine rings is 1. The molecule has 5 nitrogen and oxygen atoms in total. The molecular formula is C26H26N4OS. The van der Waals surface area contributed by atoms with Crippen molar-refractivity contribution in [3.8, 4) is 11.4 Å². The second-order valence-electron chi connectivity index (χ2n) is 8.65. The van der Waals surface area contributed by atoms with E-state index in [4.69, 9.17) is 0 Å². The Morgan fingerprint density at radius 3 is 2.25 bits per heavy atom. The van der Waals surface area contributed by atoms with Gasteiger partial charge in [-0.05, 0) is 28.7 Å². The number of benzene rings is 2. The van der Waals surface area contributed by atoms with Crippen LogP contribution in [0.1, 0.15) is 42.3 Å². The average molecular weight is 443 g/mol. The Morgan fingerprint density at radius 1 is 0.906 bits per heavy atom. The number of ketones is 1. The first-order valence-electron chi connectivity index (χ1n) is 10.6. The molecule has 0 fully saturated rings. The molecule has 162 valence electrons. The van der Waals surface area contributed by atoms with Crippen molar-refractivity contribution in [3.63, 3.8) is 0 Å². The minimum atomic E-state index is 0.0630. The number of carbonyl (C=O) groups excluding carboxylic acids is 1. The summed E-state index contributed by atoms with van der Waals surface area (Å²) in [7, 11) is 0. The normalized spacial score (nSPS) is 11.5. The zero-order chi connectivity index (χ0) is 22.6. The van der Waals surface area contributed by atoms with Crippen molar-refractivity contribution in [1.29, 1.82) is 0 Å². The molecule has 0 atom stereocenters. The maximum Gasteiger partial charge on any atom is 0.192 e. The first-order chi connectivity index (χ1) is 15.4. The highest BCUT2D eigenvalue weighted by Crippen LogP contribution is 2.26. The van der Waals surface area contributed by atoms with Crippen LogP contribution in [0.4, 0.5) is 0 Å². The number of Topliss-reactive ketones (excluding diaryl/α,β-unsaturated/α-hetero) is 1. The van der Waals surface area contributed by atoms with Crippen LogP contribution in [0.25, 0.3) is 11.4 Å². The Balaban J connectivity index is 1.55. The minimum Gasteiger partial charge on any atom is -0.298 e. The molecule has 0 unspecified atom stereocenters. The summed E-state index contributed by atoms with van der Waals surface area (Å²) in [5.41, 5.74) is 4.08. The summed E-state index contributed by atoms with van der Waals surface area (Å²) in [6.07, 6.45) is 3.49. The molecule has 4 rings (SSSR count). The van der Waals surface area contributed by atoms with Crippen molar-refractivity contribution in [3.05, 3.63) is 95.8 Å². The van der Waals surface area contributed by atoms with E-state index in [1.807, 2.05) is 54.6 Å². The van der Waals surface area contributed by atoms with E-state index < -0.39 is 0 Å². The van der Waals surface area contributed by atoms with Gasteiger partial charge in [-0.1, -0.05) is 87.1 Å². The van der Waals surface area contributed by atoms with E-state index in [0.29, 0.717) is 17.9 Å². The molecule has 0 saturated carbocycles. The van der Waals surface area contributed by atoms with Gasteiger partial charge in [0.15, 0.2) is 16.8 Å². The molecule has 32 heavy (non-hydrogen) atoms. The Morgan fingerprint density at radius 2 is 1.59 bits per heavy atom. The average Bonchev–Trinajstić information content (AvgIpc) is 3.20. The Labute approximate surface area is 192 Å². The van der Waals surface area contributed by atoms with E-state index in [9.17, 15) is 4.79 Å². The molecular weight excluding hydrogens is 416 g/mol.